The topological polar surface area (TPSA) is 53.8 Å². The monoisotopic (exact) mass is 475 g/mol. The second kappa shape index (κ2) is 9.08. The van der Waals surface area contributed by atoms with Crippen LogP contribution in [0.3, 0.4) is 0 Å². The van der Waals surface area contributed by atoms with Crippen LogP contribution in [0.2, 0.25) is 5.02 Å². The van der Waals surface area contributed by atoms with E-state index in [9.17, 15) is 4.79 Å². The molecule has 33 heavy (non-hydrogen) atoms. The molecule has 4 aromatic rings. The summed E-state index contributed by atoms with van der Waals surface area (Å²) in [6, 6.07) is 19.6. The van der Waals surface area contributed by atoms with Crippen LogP contribution in [0.4, 0.5) is 17.1 Å². The summed E-state index contributed by atoms with van der Waals surface area (Å²) in [5.41, 5.74) is 5.49. The molecule has 0 atom stereocenters. The molecule has 0 radical (unpaired) electrons. The van der Waals surface area contributed by atoms with Crippen LogP contribution in [0.25, 0.3) is 10.1 Å². The van der Waals surface area contributed by atoms with E-state index in [4.69, 9.17) is 11.6 Å². The summed E-state index contributed by atoms with van der Waals surface area (Å²) in [5, 5.41) is 13.1. The van der Waals surface area contributed by atoms with E-state index in [1.54, 1.807) is 0 Å². The molecule has 0 fully saturated rings. The zero-order chi connectivity index (χ0) is 23.8. The van der Waals surface area contributed by atoms with Gasteiger partial charge < -0.3 is 5.32 Å². The van der Waals surface area contributed by atoms with Gasteiger partial charge >= 0.3 is 0 Å². The number of halogens is 1. The number of azo groups is 1. The number of benzene rings is 3. The highest BCUT2D eigenvalue weighted by Gasteiger charge is 2.20. The van der Waals surface area contributed by atoms with Crippen LogP contribution in [-0.4, -0.2) is 5.91 Å². The van der Waals surface area contributed by atoms with E-state index in [1.807, 2.05) is 62.4 Å². The highest BCUT2D eigenvalue weighted by molar-refractivity contribution is 7.21. The standard InChI is InChI=1S/C27H26ClN3OS/c1-16-8-6-7-9-22(16)31-30-19-11-13-21(17(2)14-19)29-26(32)25-24(28)20-12-10-18(27(3,4)5)15-23(20)33-25/h6-15H,1-5H3,(H,29,32). The summed E-state index contributed by atoms with van der Waals surface area (Å²) in [7, 11) is 0. The molecular formula is C27H26ClN3OS. The van der Waals surface area contributed by atoms with E-state index >= 15 is 0 Å². The zero-order valence-electron chi connectivity index (χ0n) is 19.4. The maximum absolute atomic E-state index is 13.0. The van der Waals surface area contributed by atoms with E-state index < -0.39 is 0 Å². The first-order chi connectivity index (χ1) is 15.6. The molecule has 0 unspecified atom stereocenters. The number of thiophene rings is 1. The second-order valence-electron chi connectivity index (χ2n) is 9.15. The molecule has 0 saturated heterocycles. The second-order valence-corrected chi connectivity index (χ2v) is 10.6. The Labute approximate surface area is 203 Å². The minimum atomic E-state index is -0.212. The zero-order valence-corrected chi connectivity index (χ0v) is 20.9. The fourth-order valence-electron chi connectivity index (χ4n) is 3.49. The minimum Gasteiger partial charge on any atom is -0.321 e. The number of rotatable bonds is 4. The van der Waals surface area contributed by atoms with Crippen LogP contribution in [0.15, 0.2) is 70.9 Å². The quantitative estimate of drug-likeness (QED) is 0.294. The minimum absolute atomic E-state index is 0.0302. The SMILES string of the molecule is Cc1ccccc1N=Nc1ccc(NC(=O)c2sc3cc(C(C)(C)C)ccc3c2Cl)c(C)c1. The van der Waals surface area contributed by atoms with Gasteiger partial charge in [-0.3, -0.25) is 4.79 Å². The average Bonchev–Trinajstić information content (AvgIpc) is 3.10. The lowest BCUT2D eigenvalue weighted by atomic mass is 9.87. The molecule has 6 heteroatoms. The van der Waals surface area contributed by atoms with Crippen molar-refractivity contribution in [2.24, 2.45) is 10.2 Å². The smallest absolute Gasteiger partial charge is 0.267 e. The van der Waals surface area contributed by atoms with Gasteiger partial charge in [-0.15, -0.1) is 11.3 Å². The van der Waals surface area contributed by atoms with Crippen LogP contribution in [0.1, 0.15) is 47.1 Å². The molecule has 1 aromatic heterocycles. The summed E-state index contributed by atoms with van der Waals surface area (Å²) in [6.07, 6.45) is 0. The largest absolute Gasteiger partial charge is 0.321 e. The van der Waals surface area contributed by atoms with Crippen molar-refractivity contribution in [3.05, 3.63) is 87.3 Å². The molecule has 0 saturated carbocycles. The Kier molecular flexibility index (Phi) is 6.37. The summed E-state index contributed by atoms with van der Waals surface area (Å²) < 4.78 is 1.02. The molecule has 4 rings (SSSR count). The molecule has 0 aliphatic heterocycles. The van der Waals surface area contributed by atoms with Crippen LogP contribution >= 0.6 is 22.9 Å². The van der Waals surface area contributed by atoms with E-state index in [1.165, 1.54) is 16.9 Å². The maximum Gasteiger partial charge on any atom is 0.267 e. The number of amides is 1. The summed E-state index contributed by atoms with van der Waals surface area (Å²) in [4.78, 5) is 13.6. The van der Waals surface area contributed by atoms with Crippen molar-refractivity contribution in [3.63, 3.8) is 0 Å². The van der Waals surface area contributed by atoms with Gasteiger partial charge in [0.25, 0.3) is 5.91 Å². The summed E-state index contributed by atoms with van der Waals surface area (Å²) in [5.74, 6) is -0.212. The molecule has 3 aromatic carbocycles. The number of nitrogens with zero attached hydrogens (tertiary/aromatic N) is 2. The molecule has 4 nitrogen and oxygen atoms in total. The van der Waals surface area contributed by atoms with Crippen molar-refractivity contribution in [1.29, 1.82) is 0 Å². The lowest BCUT2D eigenvalue weighted by Crippen LogP contribution is -2.11. The van der Waals surface area contributed by atoms with E-state index in [0.717, 1.165) is 38.3 Å². The number of nitrogens with one attached hydrogen (secondary N) is 1. The van der Waals surface area contributed by atoms with E-state index in [2.05, 4.69) is 48.4 Å². The summed E-state index contributed by atoms with van der Waals surface area (Å²) in [6.45, 7) is 10.4. The molecule has 168 valence electrons. The average molecular weight is 476 g/mol. The van der Waals surface area contributed by atoms with Gasteiger partial charge in [-0.05, 0) is 66.3 Å². The van der Waals surface area contributed by atoms with Crippen LogP contribution in [0.5, 0.6) is 0 Å². The Bertz CT molecular complexity index is 1380. The molecule has 0 bridgehead atoms. The predicted molar refractivity (Wildman–Crippen MR) is 140 cm³/mol. The molecule has 0 aliphatic rings. The Balaban J connectivity index is 1.55. The van der Waals surface area contributed by atoms with Crippen molar-refractivity contribution < 1.29 is 4.79 Å². The maximum atomic E-state index is 13.0. The number of aryl methyl sites for hydroxylation is 2. The number of fused-ring (bicyclic) bond motifs is 1. The van der Waals surface area contributed by atoms with Crippen molar-refractivity contribution >= 4 is 56.0 Å². The molecule has 0 spiro atoms. The fraction of sp³-hybridized carbons (Fsp3) is 0.222. The first kappa shape index (κ1) is 23.1. The van der Waals surface area contributed by atoms with Gasteiger partial charge in [-0.2, -0.15) is 10.2 Å². The van der Waals surface area contributed by atoms with E-state index in [-0.39, 0.29) is 11.3 Å². The Morgan fingerprint density at radius 3 is 2.39 bits per heavy atom. The van der Waals surface area contributed by atoms with Gasteiger partial charge in [0.2, 0.25) is 0 Å². The van der Waals surface area contributed by atoms with Gasteiger partial charge in [0.15, 0.2) is 0 Å². The van der Waals surface area contributed by atoms with Crippen LogP contribution in [0, 0.1) is 13.8 Å². The van der Waals surface area contributed by atoms with Gasteiger partial charge in [0, 0.05) is 15.8 Å². The lowest BCUT2D eigenvalue weighted by Gasteiger charge is -2.18. The van der Waals surface area contributed by atoms with Gasteiger partial charge in [-0.25, -0.2) is 0 Å². The Morgan fingerprint density at radius 2 is 1.70 bits per heavy atom. The van der Waals surface area contributed by atoms with Crippen LogP contribution < -0.4 is 5.32 Å². The summed E-state index contributed by atoms with van der Waals surface area (Å²) >= 11 is 8.00. The highest BCUT2D eigenvalue weighted by Crippen LogP contribution is 2.38. The van der Waals surface area contributed by atoms with Crippen molar-refractivity contribution in [2.75, 3.05) is 5.32 Å². The van der Waals surface area contributed by atoms with Crippen LogP contribution in [-0.2, 0) is 5.41 Å². The molecule has 1 N–H and O–H groups in total. The van der Waals surface area contributed by atoms with Gasteiger partial charge in [0.05, 0.1) is 16.4 Å². The molecular weight excluding hydrogens is 450 g/mol. The third kappa shape index (κ3) is 5.00. The highest BCUT2D eigenvalue weighted by atomic mass is 35.5. The first-order valence-corrected chi connectivity index (χ1v) is 11.9. The molecule has 0 aliphatic carbocycles. The molecule has 1 amide bonds. The number of carbonyl (C=O) groups excluding carboxylic acids is 1. The molecule has 1 heterocycles. The number of hydrogen-bond donors (Lipinski definition) is 1. The first-order valence-electron chi connectivity index (χ1n) is 10.8. The number of anilines is 1. The van der Waals surface area contributed by atoms with Crippen molar-refractivity contribution in [1.82, 2.24) is 0 Å². The predicted octanol–water partition coefficient (Wildman–Crippen LogP) is 9.14. The third-order valence-electron chi connectivity index (χ3n) is 5.55. The van der Waals surface area contributed by atoms with Gasteiger partial charge in [-0.1, -0.05) is 62.7 Å². The van der Waals surface area contributed by atoms with Gasteiger partial charge in [0.1, 0.15) is 4.88 Å². The lowest BCUT2D eigenvalue weighted by molar-refractivity contribution is 0.103. The normalized spacial score (nSPS) is 11.9. The number of carbonyl (C=O) groups is 1. The Hall–Kier alpha value is -3.02. The Morgan fingerprint density at radius 1 is 0.939 bits per heavy atom. The fourth-order valence-corrected chi connectivity index (χ4v) is 4.95. The van der Waals surface area contributed by atoms with E-state index in [0.29, 0.717) is 9.90 Å². The number of hydrogen-bond acceptors (Lipinski definition) is 4. The van der Waals surface area contributed by atoms with Crippen molar-refractivity contribution in [3.8, 4) is 0 Å². The third-order valence-corrected chi connectivity index (χ3v) is 7.20. The van der Waals surface area contributed by atoms with Crippen molar-refractivity contribution in [2.45, 2.75) is 40.0 Å².